The Hall–Kier alpha value is -2.75. The van der Waals surface area contributed by atoms with Crippen LogP contribution in [0.1, 0.15) is 24.8 Å². The van der Waals surface area contributed by atoms with E-state index in [1.54, 1.807) is 0 Å². The molecule has 1 aromatic rings. The predicted molar refractivity (Wildman–Crippen MR) is 77.0 cm³/mol. The van der Waals surface area contributed by atoms with Crippen LogP contribution in [0.2, 0.25) is 0 Å². The molecule has 0 saturated heterocycles. The van der Waals surface area contributed by atoms with E-state index < -0.39 is 5.41 Å². The Labute approximate surface area is 118 Å². The molecular weight excluding hydrogens is 250 g/mol. The highest BCUT2D eigenvalue weighted by Crippen LogP contribution is 2.27. The highest BCUT2D eigenvalue weighted by atomic mass is 15.1. The van der Waals surface area contributed by atoms with Crippen molar-refractivity contribution in [2.75, 3.05) is 6.54 Å². The number of allylic oxidation sites excluding steroid dienone is 1. The van der Waals surface area contributed by atoms with Gasteiger partial charge in [-0.15, -0.1) is 0 Å². The van der Waals surface area contributed by atoms with Gasteiger partial charge in [-0.25, -0.2) is 0 Å². The minimum Gasteiger partial charge on any atom is -0.197 e. The fraction of sp³-hybridized carbons (Fsp3) is 0.333. The SMILES string of the molecule is N#CC(C#N)(CC=Cc1ccccc1)CCCN=[N+]=[N-]. The van der Waals surface area contributed by atoms with Gasteiger partial charge in [-0.1, -0.05) is 47.6 Å². The van der Waals surface area contributed by atoms with Crippen LogP contribution in [0.4, 0.5) is 0 Å². The van der Waals surface area contributed by atoms with Gasteiger partial charge in [0.15, 0.2) is 0 Å². The summed E-state index contributed by atoms with van der Waals surface area (Å²) in [7, 11) is 0. The van der Waals surface area contributed by atoms with E-state index in [1.165, 1.54) is 0 Å². The largest absolute Gasteiger partial charge is 0.197 e. The lowest BCUT2D eigenvalue weighted by Gasteiger charge is -2.15. The second-order valence-corrected chi connectivity index (χ2v) is 4.38. The van der Waals surface area contributed by atoms with Crippen molar-refractivity contribution in [3.8, 4) is 12.1 Å². The predicted octanol–water partition coefficient (Wildman–Crippen LogP) is 4.21. The number of nitrogens with zero attached hydrogens (tertiary/aromatic N) is 5. The molecule has 0 heterocycles. The van der Waals surface area contributed by atoms with Gasteiger partial charge in [0.1, 0.15) is 5.41 Å². The Morgan fingerprint density at radius 1 is 1.25 bits per heavy atom. The monoisotopic (exact) mass is 265 g/mol. The fourth-order valence-electron chi connectivity index (χ4n) is 1.79. The molecule has 1 rings (SSSR count). The molecule has 1 aromatic carbocycles. The molecule has 0 N–H and O–H groups in total. The average Bonchev–Trinajstić information content (AvgIpc) is 2.51. The van der Waals surface area contributed by atoms with Gasteiger partial charge in [0.2, 0.25) is 0 Å². The molecule has 0 unspecified atom stereocenters. The molecule has 0 aliphatic rings. The van der Waals surface area contributed by atoms with E-state index in [1.807, 2.05) is 42.5 Å². The first kappa shape index (κ1) is 15.3. The zero-order valence-corrected chi connectivity index (χ0v) is 11.1. The Morgan fingerprint density at radius 3 is 2.55 bits per heavy atom. The van der Waals surface area contributed by atoms with Crippen LogP contribution in [-0.2, 0) is 0 Å². The third-order valence-corrected chi connectivity index (χ3v) is 2.93. The van der Waals surface area contributed by atoms with E-state index in [2.05, 4.69) is 22.2 Å². The lowest BCUT2D eigenvalue weighted by molar-refractivity contribution is 0.468. The van der Waals surface area contributed by atoms with Gasteiger partial charge in [-0.3, -0.25) is 0 Å². The van der Waals surface area contributed by atoms with Crippen molar-refractivity contribution in [3.63, 3.8) is 0 Å². The first-order chi connectivity index (χ1) is 9.76. The molecule has 0 saturated carbocycles. The van der Waals surface area contributed by atoms with Gasteiger partial charge >= 0.3 is 0 Å². The third-order valence-electron chi connectivity index (χ3n) is 2.93. The van der Waals surface area contributed by atoms with Crippen LogP contribution < -0.4 is 0 Å². The molecule has 0 bridgehead atoms. The van der Waals surface area contributed by atoms with E-state index in [9.17, 15) is 10.5 Å². The molecule has 20 heavy (non-hydrogen) atoms. The zero-order valence-electron chi connectivity index (χ0n) is 11.1. The summed E-state index contributed by atoms with van der Waals surface area (Å²) in [5.74, 6) is 0. The second-order valence-electron chi connectivity index (χ2n) is 4.38. The van der Waals surface area contributed by atoms with E-state index >= 15 is 0 Å². The minimum atomic E-state index is -1.05. The molecule has 0 aromatic heterocycles. The zero-order chi connectivity index (χ0) is 14.7. The summed E-state index contributed by atoms with van der Waals surface area (Å²) in [5.41, 5.74) is 8.18. The third kappa shape index (κ3) is 4.86. The molecule has 0 atom stereocenters. The van der Waals surface area contributed by atoms with Gasteiger partial charge in [-0.05, 0) is 30.4 Å². The van der Waals surface area contributed by atoms with Crippen molar-refractivity contribution < 1.29 is 0 Å². The van der Waals surface area contributed by atoms with Gasteiger partial charge in [0, 0.05) is 11.5 Å². The summed E-state index contributed by atoms with van der Waals surface area (Å²) in [4.78, 5) is 2.65. The molecule has 0 spiro atoms. The number of benzene rings is 1. The maximum Gasteiger partial charge on any atom is 0.147 e. The maximum absolute atomic E-state index is 9.22. The van der Waals surface area contributed by atoms with Crippen molar-refractivity contribution in [3.05, 3.63) is 52.4 Å². The van der Waals surface area contributed by atoms with Gasteiger partial charge < -0.3 is 0 Å². The first-order valence-electron chi connectivity index (χ1n) is 6.31. The van der Waals surface area contributed by atoms with Crippen LogP contribution in [0.5, 0.6) is 0 Å². The number of nitriles is 2. The van der Waals surface area contributed by atoms with Crippen LogP contribution in [-0.4, -0.2) is 6.54 Å². The molecule has 5 heteroatoms. The molecule has 0 aliphatic carbocycles. The van der Waals surface area contributed by atoms with E-state index in [-0.39, 0.29) is 0 Å². The van der Waals surface area contributed by atoms with Crippen LogP contribution in [0.15, 0.2) is 41.5 Å². The summed E-state index contributed by atoms with van der Waals surface area (Å²) in [6.07, 6.45) is 5.04. The Kier molecular flexibility index (Phi) is 6.41. The van der Waals surface area contributed by atoms with Crippen LogP contribution in [0.25, 0.3) is 16.5 Å². The number of hydrogen-bond donors (Lipinski definition) is 0. The highest BCUT2D eigenvalue weighted by molar-refractivity contribution is 5.49. The minimum absolute atomic E-state index is 0.310. The van der Waals surface area contributed by atoms with Crippen LogP contribution >= 0.6 is 0 Å². The average molecular weight is 265 g/mol. The standard InChI is InChI=1S/C15H15N5/c16-12-15(13-17,10-5-11-19-20-18)9-4-8-14-6-2-1-3-7-14/h1-4,6-8H,5,9-11H2. The van der Waals surface area contributed by atoms with E-state index in [0.717, 1.165) is 5.56 Å². The molecule has 100 valence electrons. The summed E-state index contributed by atoms with van der Waals surface area (Å²) >= 11 is 0. The summed E-state index contributed by atoms with van der Waals surface area (Å²) in [5, 5.41) is 21.9. The fourth-order valence-corrected chi connectivity index (χ4v) is 1.79. The smallest absolute Gasteiger partial charge is 0.147 e. The van der Waals surface area contributed by atoms with Crippen LogP contribution in [0.3, 0.4) is 0 Å². The molecule has 0 radical (unpaired) electrons. The van der Waals surface area contributed by atoms with Gasteiger partial charge in [0.25, 0.3) is 0 Å². The first-order valence-corrected chi connectivity index (χ1v) is 6.31. The van der Waals surface area contributed by atoms with Crippen LogP contribution in [0, 0.1) is 28.1 Å². The van der Waals surface area contributed by atoms with Gasteiger partial charge in [-0.2, -0.15) is 10.5 Å². The molecule has 5 nitrogen and oxygen atoms in total. The lowest BCUT2D eigenvalue weighted by Crippen LogP contribution is -2.15. The molecule has 0 fully saturated rings. The molecular formula is C15H15N5. The quantitative estimate of drug-likeness (QED) is 0.319. The number of azide groups is 1. The van der Waals surface area contributed by atoms with Crippen molar-refractivity contribution in [2.45, 2.75) is 19.3 Å². The maximum atomic E-state index is 9.22. The Bertz CT molecular complexity index is 557. The summed E-state index contributed by atoms with van der Waals surface area (Å²) in [6.45, 7) is 0.310. The number of hydrogen-bond acceptors (Lipinski definition) is 3. The van der Waals surface area contributed by atoms with E-state index in [4.69, 9.17) is 5.53 Å². The van der Waals surface area contributed by atoms with Crippen molar-refractivity contribution >= 4 is 6.08 Å². The van der Waals surface area contributed by atoms with E-state index in [0.29, 0.717) is 25.8 Å². The van der Waals surface area contributed by atoms with Crippen molar-refractivity contribution in [1.82, 2.24) is 0 Å². The summed E-state index contributed by atoms with van der Waals surface area (Å²) < 4.78 is 0. The second kappa shape index (κ2) is 8.37. The molecule has 0 aliphatic heterocycles. The lowest BCUT2D eigenvalue weighted by atomic mass is 9.83. The van der Waals surface area contributed by atoms with Crippen molar-refractivity contribution in [1.29, 1.82) is 10.5 Å². The van der Waals surface area contributed by atoms with Crippen molar-refractivity contribution in [2.24, 2.45) is 10.5 Å². The summed E-state index contributed by atoms with van der Waals surface area (Å²) in [6, 6.07) is 13.9. The van der Waals surface area contributed by atoms with Gasteiger partial charge in [0.05, 0.1) is 12.1 Å². The normalized spacial score (nSPS) is 10.5. The highest BCUT2D eigenvalue weighted by Gasteiger charge is 2.27. The molecule has 0 amide bonds. The Morgan fingerprint density at radius 2 is 1.95 bits per heavy atom. The number of rotatable bonds is 7. The Balaban J connectivity index is 2.63. The topological polar surface area (TPSA) is 96.3 Å².